The standard InChI is InChI=1S/C15H16N2O4S/c1-9-5-3-4-6-10(9)14-17-11(8-22-14)13(18)16-7-12(21-2)15(19)20/h3-6,8,12H,7H2,1-2H3,(H,16,18)(H,19,20). The molecule has 0 aliphatic carbocycles. The molecule has 2 rings (SSSR count). The predicted octanol–water partition coefficient (Wildman–Crippen LogP) is 1.95. The molecule has 2 N–H and O–H groups in total. The van der Waals surface area contributed by atoms with Crippen molar-refractivity contribution < 1.29 is 19.4 Å². The Balaban J connectivity index is 2.07. The minimum Gasteiger partial charge on any atom is -0.479 e. The molecular weight excluding hydrogens is 304 g/mol. The number of methoxy groups -OCH3 is 1. The normalized spacial score (nSPS) is 11.9. The van der Waals surface area contributed by atoms with Gasteiger partial charge in [0.1, 0.15) is 10.7 Å². The van der Waals surface area contributed by atoms with Gasteiger partial charge in [-0.2, -0.15) is 0 Å². The Morgan fingerprint density at radius 3 is 2.77 bits per heavy atom. The Hall–Kier alpha value is -2.25. The number of aromatic nitrogens is 1. The molecule has 0 saturated heterocycles. The van der Waals surface area contributed by atoms with Crippen LogP contribution in [-0.4, -0.2) is 41.7 Å². The van der Waals surface area contributed by atoms with Gasteiger partial charge in [-0.25, -0.2) is 9.78 Å². The van der Waals surface area contributed by atoms with E-state index in [9.17, 15) is 9.59 Å². The van der Waals surface area contributed by atoms with Crippen molar-refractivity contribution in [1.82, 2.24) is 10.3 Å². The van der Waals surface area contributed by atoms with E-state index in [4.69, 9.17) is 9.84 Å². The first kappa shape index (κ1) is 16.1. The lowest BCUT2D eigenvalue weighted by atomic mass is 10.1. The van der Waals surface area contributed by atoms with Gasteiger partial charge in [0.25, 0.3) is 5.91 Å². The highest BCUT2D eigenvalue weighted by Crippen LogP contribution is 2.26. The Morgan fingerprint density at radius 2 is 2.14 bits per heavy atom. The quantitative estimate of drug-likeness (QED) is 0.849. The van der Waals surface area contributed by atoms with Gasteiger partial charge in [-0.05, 0) is 12.5 Å². The number of hydrogen-bond donors (Lipinski definition) is 2. The minimum absolute atomic E-state index is 0.109. The number of benzene rings is 1. The van der Waals surface area contributed by atoms with Crippen molar-refractivity contribution in [1.29, 1.82) is 0 Å². The van der Waals surface area contributed by atoms with E-state index in [0.717, 1.165) is 16.1 Å². The van der Waals surface area contributed by atoms with Crippen LogP contribution in [0.4, 0.5) is 0 Å². The maximum Gasteiger partial charge on any atom is 0.334 e. The number of rotatable bonds is 6. The number of carbonyl (C=O) groups is 2. The van der Waals surface area contributed by atoms with Crippen molar-refractivity contribution in [2.24, 2.45) is 0 Å². The lowest BCUT2D eigenvalue weighted by molar-refractivity contribution is -0.148. The molecule has 0 aliphatic rings. The molecule has 1 aromatic carbocycles. The van der Waals surface area contributed by atoms with Crippen LogP contribution in [-0.2, 0) is 9.53 Å². The summed E-state index contributed by atoms with van der Waals surface area (Å²) in [7, 11) is 1.28. The van der Waals surface area contributed by atoms with Gasteiger partial charge in [0, 0.05) is 18.1 Å². The van der Waals surface area contributed by atoms with Gasteiger partial charge in [-0.15, -0.1) is 11.3 Å². The van der Waals surface area contributed by atoms with Crippen molar-refractivity contribution in [3.05, 3.63) is 40.9 Å². The van der Waals surface area contributed by atoms with Crippen LogP contribution in [0.2, 0.25) is 0 Å². The second-order valence-corrected chi connectivity index (χ2v) is 5.48. The zero-order valence-electron chi connectivity index (χ0n) is 12.2. The molecule has 0 radical (unpaired) electrons. The molecule has 1 heterocycles. The fraction of sp³-hybridized carbons (Fsp3) is 0.267. The van der Waals surface area contributed by atoms with Crippen LogP contribution in [0, 0.1) is 6.92 Å². The van der Waals surface area contributed by atoms with Gasteiger partial charge in [0.05, 0.1) is 6.54 Å². The number of ether oxygens (including phenoxy) is 1. The zero-order chi connectivity index (χ0) is 16.1. The van der Waals surface area contributed by atoms with Crippen LogP contribution in [0.15, 0.2) is 29.6 Å². The summed E-state index contributed by atoms with van der Waals surface area (Å²) in [6, 6.07) is 7.78. The fourth-order valence-corrected chi connectivity index (χ4v) is 2.75. The number of aryl methyl sites for hydroxylation is 1. The molecule has 2 aromatic rings. The zero-order valence-corrected chi connectivity index (χ0v) is 13.0. The number of nitrogens with one attached hydrogen (secondary N) is 1. The van der Waals surface area contributed by atoms with Crippen molar-refractivity contribution in [2.75, 3.05) is 13.7 Å². The molecule has 0 bridgehead atoms. The summed E-state index contributed by atoms with van der Waals surface area (Å²) in [4.78, 5) is 27.1. The highest BCUT2D eigenvalue weighted by atomic mass is 32.1. The molecule has 1 unspecified atom stereocenters. The molecule has 0 saturated carbocycles. The number of amides is 1. The number of thiazole rings is 1. The molecular formula is C15H16N2O4S. The minimum atomic E-state index is -1.12. The molecule has 0 aliphatic heterocycles. The number of carbonyl (C=O) groups excluding carboxylic acids is 1. The lowest BCUT2D eigenvalue weighted by Crippen LogP contribution is -2.37. The monoisotopic (exact) mass is 320 g/mol. The van der Waals surface area contributed by atoms with Crippen LogP contribution in [0.1, 0.15) is 16.1 Å². The van der Waals surface area contributed by atoms with E-state index in [1.165, 1.54) is 18.4 Å². The Morgan fingerprint density at radius 1 is 1.41 bits per heavy atom. The van der Waals surface area contributed by atoms with Crippen LogP contribution in [0.3, 0.4) is 0 Å². The van der Waals surface area contributed by atoms with Crippen molar-refractivity contribution >= 4 is 23.2 Å². The average molecular weight is 320 g/mol. The summed E-state index contributed by atoms with van der Waals surface area (Å²) in [5.41, 5.74) is 2.32. The summed E-state index contributed by atoms with van der Waals surface area (Å²) >= 11 is 1.37. The Bertz CT molecular complexity index is 684. The molecule has 0 spiro atoms. The topological polar surface area (TPSA) is 88.5 Å². The van der Waals surface area contributed by atoms with Crippen LogP contribution in [0.25, 0.3) is 10.6 Å². The lowest BCUT2D eigenvalue weighted by Gasteiger charge is -2.10. The Labute approximate surface area is 131 Å². The summed E-state index contributed by atoms with van der Waals surface area (Å²) in [6.07, 6.45) is -1.07. The van der Waals surface area contributed by atoms with Crippen molar-refractivity contribution in [3.8, 4) is 10.6 Å². The maximum atomic E-state index is 12.0. The van der Waals surface area contributed by atoms with Crippen LogP contribution < -0.4 is 5.32 Å². The average Bonchev–Trinajstić information content (AvgIpc) is 2.97. The highest BCUT2D eigenvalue weighted by Gasteiger charge is 2.19. The van der Waals surface area contributed by atoms with Crippen LogP contribution in [0.5, 0.6) is 0 Å². The number of nitrogens with zero attached hydrogens (tertiary/aromatic N) is 1. The number of carboxylic acids is 1. The third-order valence-corrected chi connectivity index (χ3v) is 4.00. The van der Waals surface area contributed by atoms with E-state index in [0.29, 0.717) is 0 Å². The van der Waals surface area contributed by atoms with E-state index >= 15 is 0 Å². The number of hydrogen-bond acceptors (Lipinski definition) is 5. The van der Waals surface area contributed by atoms with E-state index in [-0.39, 0.29) is 12.2 Å². The molecule has 7 heteroatoms. The first-order valence-corrected chi connectivity index (χ1v) is 7.46. The molecule has 1 amide bonds. The second kappa shape index (κ2) is 7.15. The van der Waals surface area contributed by atoms with Gasteiger partial charge in [0.2, 0.25) is 0 Å². The summed E-state index contributed by atoms with van der Waals surface area (Å²) < 4.78 is 4.76. The van der Waals surface area contributed by atoms with Gasteiger partial charge >= 0.3 is 5.97 Å². The Kier molecular flexibility index (Phi) is 5.24. The SMILES string of the molecule is COC(CNC(=O)c1csc(-c2ccccc2C)n1)C(=O)O. The third-order valence-electron chi connectivity index (χ3n) is 3.12. The molecule has 0 fully saturated rings. The number of aliphatic carboxylic acids is 1. The van der Waals surface area contributed by atoms with Gasteiger partial charge in [-0.3, -0.25) is 4.79 Å². The molecule has 22 heavy (non-hydrogen) atoms. The first-order chi connectivity index (χ1) is 10.5. The molecule has 116 valence electrons. The third kappa shape index (κ3) is 3.69. The van der Waals surface area contributed by atoms with Crippen molar-refractivity contribution in [3.63, 3.8) is 0 Å². The van der Waals surface area contributed by atoms with E-state index in [1.807, 2.05) is 31.2 Å². The van der Waals surface area contributed by atoms with Gasteiger partial charge < -0.3 is 15.2 Å². The molecule has 1 aromatic heterocycles. The summed E-state index contributed by atoms with van der Waals surface area (Å²) in [6.45, 7) is 1.87. The van der Waals surface area contributed by atoms with Gasteiger partial charge in [0.15, 0.2) is 6.10 Å². The van der Waals surface area contributed by atoms with E-state index in [2.05, 4.69) is 10.3 Å². The molecule has 6 nitrogen and oxygen atoms in total. The largest absolute Gasteiger partial charge is 0.479 e. The second-order valence-electron chi connectivity index (χ2n) is 4.63. The fourth-order valence-electron chi connectivity index (χ4n) is 1.86. The van der Waals surface area contributed by atoms with E-state index in [1.54, 1.807) is 5.38 Å². The van der Waals surface area contributed by atoms with Gasteiger partial charge in [-0.1, -0.05) is 24.3 Å². The first-order valence-electron chi connectivity index (χ1n) is 6.58. The van der Waals surface area contributed by atoms with Crippen LogP contribution >= 0.6 is 11.3 Å². The number of carboxylic acid groups (broad SMARTS) is 1. The molecule has 1 atom stereocenters. The summed E-state index contributed by atoms with van der Waals surface area (Å²) in [5.74, 6) is -1.54. The van der Waals surface area contributed by atoms with E-state index < -0.39 is 18.0 Å². The summed E-state index contributed by atoms with van der Waals surface area (Å²) in [5, 5.41) is 13.8. The predicted molar refractivity (Wildman–Crippen MR) is 83.1 cm³/mol. The highest BCUT2D eigenvalue weighted by molar-refractivity contribution is 7.13. The van der Waals surface area contributed by atoms with Crippen molar-refractivity contribution in [2.45, 2.75) is 13.0 Å². The maximum absolute atomic E-state index is 12.0. The smallest absolute Gasteiger partial charge is 0.334 e.